The maximum Gasteiger partial charge on any atom is 0.287 e. The molecule has 120 valence electrons. The molecule has 3 N–H and O–H groups in total. The van der Waals surface area contributed by atoms with Gasteiger partial charge in [0, 0.05) is 5.92 Å². The topological polar surface area (TPSA) is 89.3 Å². The molecule has 0 bridgehead atoms. The highest BCUT2D eigenvalue weighted by Gasteiger charge is 2.34. The molecule has 0 heterocycles. The Morgan fingerprint density at radius 2 is 1.86 bits per heavy atom. The summed E-state index contributed by atoms with van der Waals surface area (Å²) in [6.45, 7) is 6.06. The standard InChI is InChI=1S/C16H28N2O3/c1-4-6-12(5-2)10(3)16(21)18-13(9-11-7-8-11)14(19)15(17)20/h10-13H,4-9H2,1-3H3,(H2,17,20)(H,18,21). The van der Waals surface area contributed by atoms with E-state index in [1.807, 2.05) is 6.92 Å². The number of ketones is 1. The Morgan fingerprint density at radius 1 is 1.24 bits per heavy atom. The van der Waals surface area contributed by atoms with Crippen molar-refractivity contribution in [3.05, 3.63) is 0 Å². The van der Waals surface area contributed by atoms with E-state index in [-0.39, 0.29) is 11.8 Å². The smallest absolute Gasteiger partial charge is 0.287 e. The number of nitrogens with one attached hydrogen (secondary N) is 1. The summed E-state index contributed by atoms with van der Waals surface area (Å²) in [6.07, 6.45) is 5.59. The van der Waals surface area contributed by atoms with E-state index < -0.39 is 17.7 Å². The number of carbonyl (C=O) groups excluding carboxylic acids is 3. The molecule has 1 aliphatic rings. The van der Waals surface area contributed by atoms with Gasteiger partial charge in [-0.25, -0.2) is 0 Å². The minimum absolute atomic E-state index is 0.143. The van der Waals surface area contributed by atoms with Gasteiger partial charge in [0.15, 0.2) is 0 Å². The first-order valence-corrected chi connectivity index (χ1v) is 8.04. The third kappa shape index (κ3) is 5.48. The zero-order valence-electron chi connectivity index (χ0n) is 13.4. The second kappa shape index (κ2) is 8.15. The minimum Gasteiger partial charge on any atom is -0.363 e. The van der Waals surface area contributed by atoms with Gasteiger partial charge in [0.2, 0.25) is 11.7 Å². The normalized spacial score (nSPS) is 18.6. The average molecular weight is 296 g/mol. The molecule has 0 saturated heterocycles. The molecule has 0 aromatic heterocycles. The first-order valence-electron chi connectivity index (χ1n) is 8.04. The lowest BCUT2D eigenvalue weighted by Gasteiger charge is -2.24. The van der Waals surface area contributed by atoms with Gasteiger partial charge < -0.3 is 11.1 Å². The average Bonchev–Trinajstić information content (AvgIpc) is 3.26. The number of carbonyl (C=O) groups is 3. The predicted octanol–water partition coefficient (Wildman–Crippen LogP) is 1.79. The molecule has 5 nitrogen and oxygen atoms in total. The molecule has 3 unspecified atom stereocenters. The van der Waals surface area contributed by atoms with Gasteiger partial charge in [-0.05, 0) is 24.7 Å². The van der Waals surface area contributed by atoms with Gasteiger partial charge in [-0.2, -0.15) is 0 Å². The Bertz CT molecular complexity index is 391. The Morgan fingerprint density at radius 3 is 2.29 bits per heavy atom. The van der Waals surface area contributed by atoms with E-state index in [9.17, 15) is 14.4 Å². The molecule has 2 amide bonds. The van der Waals surface area contributed by atoms with Crippen LogP contribution >= 0.6 is 0 Å². The monoisotopic (exact) mass is 296 g/mol. The van der Waals surface area contributed by atoms with Crippen LogP contribution in [0.2, 0.25) is 0 Å². The number of primary amides is 1. The molecule has 0 aliphatic heterocycles. The molecule has 0 aromatic rings. The quantitative estimate of drug-likeness (QED) is 0.602. The number of hydrogen-bond donors (Lipinski definition) is 2. The van der Waals surface area contributed by atoms with Crippen LogP contribution in [0.25, 0.3) is 0 Å². The number of hydrogen-bond acceptors (Lipinski definition) is 3. The second-order valence-corrected chi connectivity index (χ2v) is 6.21. The SMILES string of the molecule is CCCC(CC)C(C)C(=O)NC(CC1CC1)C(=O)C(N)=O. The molecule has 5 heteroatoms. The first kappa shape index (κ1) is 17.7. The summed E-state index contributed by atoms with van der Waals surface area (Å²) in [5.74, 6) is -1.19. The molecule has 0 spiro atoms. The van der Waals surface area contributed by atoms with Crippen molar-refractivity contribution in [2.45, 2.75) is 65.3 Å². The molecular weight excluding hydrogens is 268 g/mol. The zero-order chi connectivity index (χ0) is 16.0. The highest BCUT2D eigenvalue weighted by Crippen LogP contribution is 2.33. The molecule has 1 fully saturated rings. The lowest BCUT2D eigenvalue weighted by atomic mass is 9.87. The van der Waals surface area contributed by atoms with Crippen molar-refractivity contribution in [3.63, 3.8) is 0 Å². The van der Waals surface area contributed by atoms with E-state index in [0.717, 1.165) is 32.1 Å². The molecule has 0 radical (unpaired) electrons. The molecule has 1 saturated carbocycles. The van der Waals surface area contributed by atoms with Crippen LogP contribution in [0.1, 0.15) is 59.3 Å². The number of nitrogens with two attached hydrogens (primary N) is 1. The third-order valence-electron chi connectivity index (χ3n) is 4.45. The fraction of sp³-hybridized carbons (Fsp3) is 0.812. The Hall–Kier alpha value is -1.39. The fourth-order valence-electron chi connectivity index (χ4n) is 2.79. The van der Waals surface area contributed by atoms with Crippen molar-refractivity contribution >= 4 is 17.6 Å². The minimum atomic E-state index is -0.964. The van der Waals surface area contributed by atoms with Gasteiger partial charge in [-0.3, -0.25) is 14.4 Å². The second-order valence-electron chi connectivity index (χ2n) is 6.21. The van der Waals surface area contributed by atoms with Gasteiger partial charge in [0.05, 0.1) is 6.04 Å². The summed E-state index contributed by atoms with van der Waals surface area (Å²) in [5, 5.41) is 2.75. The first-order chi connectivity index (χ1) is 9.90. The zero-order valence-corrected chi connectivity index (χ0v) is 13.4. The largest absolute Gasteiger partial charge is 0.363 e. The molecule has 1 aliphatic carbocycles. The number of amides is 2. The van der Waals surface area contributed by atoms with Gasteiger partial charge in [-0.1, -0.05) is 46.5 Å². The molecule has 3 atom stereocenters. The highest BCUT2D eigenvalue weighted by atomic mass is 16.2. The van der Waals surface area contributed by atoms with Crippen molar-refractivity contribution in [2.24, 2.45) is 23.5 Å². The van der Waals surface area contributed by atoms with Crippen molar-refractivity contribution in [1.82, 2.24) is 5.32 Å². The Labute approximate surface area is 127 Å². The van der Waals surface area contributed by atoms with E-state index in [0.29, 0.717) is 18.3 Å². The summed E-state index contributed by atoms with van der Waals surface area (Å²) in [7, 11) is 0. The van der Waals surface area contributed by atoms with E-state index in [2.05, 4.69) is 19.2 Å². The van der Waals surface area contributed by atoms with Crippen LogP contribution in [0, 0.1) is 17.8 Å². The number of Topliss-reactive ketones (excluding diaryl/α,β-unsaturated/α-hetero) is 1. The van der Waals surface area contributed by atoms with Crippen LogP contribution in [-0.2, 0) is 14.4 Å². The van der Waals surface area contributed by atoms with Gasteiger partial charge in [0.25, 0.3) is 5.91 Å². The third-order valence-corrected chi connectivity index (χ3v) is 4.45. The van der Waals surface area contributed by atoms with Crippen LogP contribution in [0.15, 0.2) is 0 Å². The van der Waals surface area contributed by atoms with E-state index in [1.165, 1.54) is 0 Å². The van der Waals surface area contributed by atoms with Crippen LogP contribution in [-0.4, -0.2) is 23.6 Å². The molecule has 0 aromatic carbocycles. The molecular formula is C16H28N2O3. The summed E-state index contributed by atoms with van der Waals surface area (Å²) >= 11 is 0. The van der Waals surface area contributed by atoms with Crippen molar-refractivity contribution < 1.29 is 14.4 Å². The maximum absolute atomic E-state index is 12.3. The molecule has 21 heavy (non-hydrogen) atoms. The van der Waals surface area contributed by atoms with Crippen molar-refractivity contribution in [2.75, 3.05) is 0 Å². The number of rotatable bonds is 10. The van der Waals surface area contributed by atoms with Crippen LogP contribution < -0.4 is 11.1 Å². The van der Waals surface area contributed by atoms with Crippen molar-refractivity contribution in [3.8, 4) is 0 Å². The Balaban J connectivity index is 2.65. The maximum atomic E-state index is 12.3. The lowest BCUT2D eigenvalue weighted by Crippen LogP contribution is -2.48. The fourth-order valence-corrected chi connectivity index (χ4v) is 2.79. The molecule has 1 rings (SSSR count). The highest BCUT2D eigenvalue weighted by molar-refractivity contribution is 6.37. The van der Waals surface area contributed by atoms with Crippen LogP contribution in [0.4, 0.5) is 0 Å². The van der Waals surface area contributed by atoms with Gasteiger partial charge in [0.1, 0.15) is 0 Å². The van der Waals surface area contributed by atoms with Crippen LogP contribution in [0.5, 0.6) is 0 Å². The Kier molecular flexibility index (Phi) is 6.85. The summed E-state index contributed by atoms with van der Waals surface area (Å²) in [5.41, 5.74) is 5.08. The summed E-state index contributed by atoms with van der Waals surface area (Å²) in [6, 6.07) is -0.746. The predicted molar refractivity (Wildman–Crippen MR) is 81.3 cm³/mol. The van der Waals surface area contributed by atoms with E-state index in [1.54, 1.807) is 0 Å². The van der Waals surface area contributed by atoms with Crippen LogP contribution in [0.3, 0.4) is 0 Å². The lowest BCUT2D eigenvalue weighted by molar-refractivity contribution is -0.139. The van der Waals surface area contributed by atoms with Crippen molar-refractivity contribution in [1.29, 1.82) is 0 Å². The van der Waals surface area contributed by atoms with E-state index in [4.69, 9.17) is 5.73 Å². The van der Waals surface area contributed by atoms with Gasteiger partial charge in [-0.15, -0.1) is 0 Å². The summed E-state index contributed by atoms with van der Waals surface area (Å²) in [4.78, 5) is 35.3. The summed E-state index contributed by atoms with van der Waals surface area (Å²) < 4.78 is 0. The van der Waals surface area contributed by atoms with Gasteiger partial charge >= 0.3 is 0 Å². The van der Waals surface area contributed by atoms with E-state index >= 15 is 0 Å².